The van der Waals surface area contributed by atoms with Crippen molar-refractivity contribution in [3.8, 4) is 0 Å². The van der Waals surface area contributed by atoms with Crippen LogP contribution >= 0.6 is 0 Å². The van der Waals surface area contributed by atoms with E-state index >= 15 is 0 Å². The summed E-state index contributed by atoms with van der Waals surface area (Å²) in [5.41, 5.74) is -1.94. The lowest BCUT2D eigenvalue weighted by molar-refractivity contribution is -0.192. The van der Waals surface area contributed by atoms with Gasteiger partial charge in [-0.05, 0) is 38.0 Å². The van der Waals surface area contributed by atoms with Crippen LogP contribution < -0.4 is 5.32 Å². The van der Waals surface area contributed by atoms with Crippen molar-refractivity contribution in [2.24, 2.45) is 11.8 Å². The van der Waals surface area contributed by atoms with Crippen LogP contribution in [0, 0.1) is 11.8 Å². The van der Waals surface area contributed by atoms with Gasteiger partial charge in [0, 0.05) is 27.2 Å². The van der Waals surface area contributed by atoms with Gasteiger partial charge in [0.25, 0.3) is 0 Å². The number of aliphatic carboxylic acids is 1. The standard InChI is InChI=1S/C24H39F3N4O6/c1-14(2)13-23(5,30(7)22(37)24(25,26)27)21(36)29(6)18(15(3)4)19(34)28-16(12-17(32)33)20(35)31-10-8-9-11-31/h14-16,18H,8-13H2,1-7H3,(H,28,34)(H,32,33)/t16-,18-,23?/m0/s1. The third-order valence-corrected chi connectivity index (χ3v) is 6.60. The normalized spacial score (nSPS) is 17.2. The van der Waals surface area contributed by atoms with Crippen LogP contribution in [-0.2, 0) is 24.0 Å². The zero-order chi connectivity index (χ0) is 28.9. The lowest BCUT2D eigenvalue weighted by Crippen LogP contribution is -2.64. The Morgan fingerprint density at radius 3 is 1.89 bits per heavy atom. The number of hydrogen-bond donors (Lipinski definition) is 2. The van der Waals surface area contributed by atoms with E-state index in [9.17, 15) is 42.3 Å². The second-order valence-corrected chi connectivity index (χ2v) is 10.5. The van der Waals surface area contributed by atoms with Gasteiger partial charge in [0.15, 0.2) is 0 Å². The Kier molecular flexibility index (Phi) is 10.9. The van der Waals surface area contributed by atoms with Crippen LogP contribution in [0.1, 0.15) is 60.3 Å². The zero-order valence-electron chi connectivity index (χ0n) is 22.5. The average molecular weight is 537 g/mol. The smallest absolute Gasteiger partial charge is 0.471 e. The van der Waals surface area contributed by atoms with E-state index in [2.05, 4.69) is 5.32 Å². The van der Waals surface area contributed by atoms with Crippen molar-refractivity contribution < 1.29 is 42.3 Å². The molecule has 0 aromatic heterocycles. The van der Waals surface area contributed by atoms with Gasteiger partial charge in [-0.15, -0.1) is 0 Å². The van der Waals surface area contributed by atoms with Gasteiger partial charge in [0.05, 0.1) is 6.42 Å². The number of rotatable bonds is 11. The highest BCUT2D eigenvalue weighted by atomic mass is 19.4. The summed E-state index contributed by atoms with van der Waals surface area (Å²) in [5.74, 6) is -6.61. The SMILES string of the molecule is CC(C)CC(C)(C(=O)N(C)[C@H](C(=O)N[C@@H](CC(=O)O)C(=O)N1CCCC1)C(C)C)N(C)C(=O)C(F)(F)F. The maximum atomic E-state index is 13.6. The lowest BCUT2D eigenvalue weighted by atomic mass is 9.86. The third-order valence-electron chi connectivity index (χ3n) is 6.60. The van der Waals surface area contributed by atoms with Gasteiger partial charge in [-0.25, -0.2) is 0 Å². The molecule has 212 valence electrons. The molecule has 1 fully saturated rings. The van der Waals surface area contributed by atoms with Crippen molar-refractivity contribution in [1.82, 2.24) is 20.0 Å². The van der Waals surface area contributed by atoms with Crippen LogP contribution in [0.15, 0.2) is 0 Å². The van der Waals surface area contributed by atoms with Gasteiger partial charge in [-0.3, -0.25) is 24.0 Å². The van der Waals surface area contributed by atoms with E-state index < -0.39 is 65.7 Å². The number of carboxylic acids is 1. The minimum absolute atomic E-state index is 0.115. The number of alkyl halides is 3. The Morgan fingerprint density at radius 1 is 0.973 bits per heavy atom. The second-order valence-electron chi connectivity index (χ2n) is 10.5. The molecule has 0 spiro atoms. The maximum absolute atomic E-state index is 13.6. The fraction of sp³-hybridized carbons (Fsp3) is 0.792. The number of carbonyl (C=O) groups excluding carboxylic acids is 4. The van der Waals surface area contributed by atoms with Crippen LogP contribution in [0.4, 0.5) is 13.2 Å². The molecular weight excluding hydrogens is 497 g/mol. The number of nitrogens with zero attached hydrogens (tertiary/aromatic N) is 3. The summed E-state index contributed by atoms with van der Waals surface area (Å²) in [6.07, 6.45) is -4.48. The molecule has 1 saturated heterocycles. The van der Waals surface area contributed by atoms with Gasteiger partial charge in [-0.1, -0.05) is 27.7 Å². The van der Waals surface area contributed by atoms with Crippen molar-refractivity contribution in [3.63, 3.8) is 0 Å². The number of hydrogen-bond acceptors (Lipinski definition) is 5. The van der Waals surface area contributed by atoms with E-state index in [0.717, 1.165) is 24.8 Å². The summed E-state index contributed by atoms with van der Waals surface area (Å²) in [7, 11) is 2.14. The molecule has 10 nitrogen and oxygen atoms in total. The predicted molar refractivity (Wildman–Crippen MR) is 128 cm³/mol. The summed E-state index contributed by atoms with van der Waals surface area (Å²) in [4.78, 5) is 66.1. The minimum atomic E-state index is -5.21. The Hall–Kier alpha value is -2.86. The molecule has 1 aliphatic heterocycles. The highest BCUT2D eigenvalue weighted by Crippen LogP contribution is 2.31. The predicted octanol–water partition coefficient (Wildman–Crippen LogP) is 1.88. The number of halogens is 3. The van der Waals surface area contributed by atoms with Crippen molar-refractivity contribution in [2.45, 2.75) is 84.1 Å². The quantitative estimate of drug-likeness (QED) is 0.415. The van der Waals surface area contributed by atoms with E-state index in [1.54, 1.807) is 27.7 Å². The molecule has 0 bridgehead atoms. The molecule has 0 radical (unpaired) electrons. The third kappa shape index (κ3) is 8.06. The highest BCUT2D eigenvalue weighted by Gasteiger charge is 2.51. The Bertz CT molecular complexity index is 873. The van der Waals surface area contributed by atoms with Crippen LogP contribution in [0.3, 0.4) is 0 Å². The summed E-state index contributed by atoms with van der Waals surface area (Å²) in [6, 6.07) is -2.62. The Morgan fingerprint density at radius 2 is 1.49 bits per heavy atom. The van der Waals surface area contributed by atoms with E-state index in [0.29, 0.717) is 18.0 Å². The number of nitrogens with one attached hydrogen (secondary N) is 1. The first kappa shape index (κ1) is 32.2. The van der Waals surface area contributed by atoms with Crippen molar-refractivity contribution in [3.05, 3.63) is 0 Å². The van der Waals surface area contributed by atoms with Crippen LogP contribution in [0.2, 0.25) is 0 Å². The molecule has 1 rings (SSSR count). The van der Waals surface area contributed by atoms with E-state index in [-0.39, 0.29) is 12.3 Å². The fourth-order valence-corrected chi connectivity index (χ4v) is 4.80. The van der Waals surface area contributed by atoms with Gasteiger partial charge >= 0.3 is 18.1 Å². The fourth-order valence-electron chi connectivity index (χ4n) is 4.80. The molecule has 4 amide bonds. The zero-order valence-corrected chi connectivity index (χ0v) is 22.5. The first-order chi connectivity index (χ1) is 16.8. The number of carbonyl (C=O) groups is 5. The highest BCUT2D eigenvalue weighted by molar-refractivity contribution is 5.97. The Labute approximate surface area is 215 Å². The van der Waals surface area contributed by atoms with E-state index in [4.69, 9.17) is 0 Å². The summed E-state index contributed by atoms with van der Waals surface area (Å²) >= 11 is 0. The number of likely N-dealkylation sites (N-methyl/N-ethyl adjacent to an activating group) is 2. The largest absolute Gasteiger partial charge is 0.481 e. The van der Waals surface area contributed by atoms with Crippen LogP contribution in [0.25, 0.3) is 0 Å². The molecule has 1 unspecified atom stereocenters. The lowest BCUT2D eigenvalue weighted by Gasteiger charge is -2.43. The van der Waals surface area contributed by atoms with Crippen LogP contribution in [-0.4, -0.2) is 100 Å². The van der Waals surface area contributed by atoms with E-state index in [1.165, 1.54) is 18.9 Å². The van der Waals surface area contributed by atoms with Crippen molar-refractivity contribution in [2.75, 3.05) is 27.2 Å². The summed E-state index contributed by atoms with van der Waals surface area (Å²) in [5, 5.41) is 11.7. The molecule has 1 aliphatic rings. The molecule has 1 heterocycles. The number of carboxylic acid groups (broad SMARTS) is 1. The second kappa shape index (κ2) is 12.6. The van der Waals surface area contributed by atoms with Gasteiger partial charge < -0.3 is 25.1 Å². The average Bonchev–Trinajstić information content (AvgIpc) is 3.29. The van der Waals surface area contributed by atoms with Gasteiger partial charge in [0.2, 0.25) is 17.7 Å². The first-order valence-corrected chi connectivity index (χ1v) is 12.3. The molecule has 0 aliphatic carbocycles. The maximum Gasteiger partial charge on any atom is 0.471 e. The first-order valence-electron chi connectivity index (χ1n) is 12.3. The van der Waals surface area contributed by atoms with Gasteiger partial charge in [0.1, 0.15) is 17.6 Å². The minimum Gasteiger partial charge on any atom is -0.481 e. The molecule has 0 saturated carbocycles. The van der Waals surface area contributed by atoms with E-state index in [1.807, 2.05) is 0 Å². The summed E-state index contributed by atoms with van der Waals surface area (Å²) < 4.78 is 39.7. The molecule has 2 N–H and O–H groups in total. The van der Waals surface area contributed by atoms with Crippen LogP contribution in [0.5, 0.6) is 0 Å². The number of likely N-dealkylation sites (tertiary alicyclic amines) is 1. The topological polar surface area (TPSA) is 127 Å². The Balaban J connectivity index is 3.31. The van der Waals surface area contributed by atoms with Crippen molar-refractivity contribution in [1.29, 1.82) is 0 Å². The molecule has 37 heavy (non-hydrogen) atoms. The molecule has 13 heteroatoms. The molecule has 0 aromatic carbocycles. The van der Waals surface area contributed by atoms with Crippen molar-refractivity contribution >= 4 is 29.6 Å². The molecule has 0 aromatic rings. The molecular formula is C24H39F3N4O6. The summed E-state index contributed by atoms with van der Waals surface area (Å²) in [6.45, 7) is 8.66. The van der Waals surface area contributed by atoms with Gasteiger partial charge in [-0.2, -0.15) is 13.2 Å². The molecule has 3 atom stereocenters. The monoisotopic (exact) mass is 536 g/mol. The number of amides is 4.